The van der Waals surface area contributed by atoms with E-state index in [1.807, 2.05) is 6.92 Å². The highest BCUT2D eigenvalue weighted by Gasteiger charge is 2.68. The van der Waals surface area contributed by atoms with Crippen molar-refractivity contribution in [2.75, 3.05) is 26.2 Å². The van der Waals surface area contributed by atoms with Crippen LogP contribution in [0.4, 0.5) is 0 Å². The van der Waals surface area contributed by atoms with E-state index in [4.69, 9.17) is 9.26 Å². The number of amides is 1. The van der Waals surface area contributed by atoms with Gasteiger partial charge in [-0.05, 0) is 63.3 Å². The molecule has 0 radical (unpaired) electrons. The van der Waals surface area contributed by atoms with Crippen LogP contribution < -0.4 is 10.1 Å². The van der Waals surface area contributed by atoms with Crippen LogP contribution in [0.5, 0.6) is 5.75 Å². The zero-order valence-corrected chi connectivity index (χ0v) is 20.6. The molecule has 2 aliphatic carbocycles. The van der Waals surface area contributed by atoms with E-state index in [1.54, 1.807) is 12.4 Å². The van der Waals surface area contributed by atoms with Crippen molar-refractivity contribution in [2.24, 2.45) is 17.8 Å². The first-order valence-corrected chi connectivity index (χ1v) is 12.9. The lowest BCUT2D eigenvalue weighted by Gasteiger charge is -2.30. The van der Waals surface area contributed by atoms with Crippen molar-refractivity contribution < 1.29 is 14.1 Å². The fraction of sp³-hybridized carbons (Fsp3) is 0.692. The summed E-state index contributed by atoms with van der Waals surface area (Å²) in [5.41, 5.74) is 1.41. The molecular weight excluding hydrogens is 430 g/mol. The van der Waals surface area contributed by atoms with Crippen molar-refractivity contribution in [3.63, 3.8) is 0 Å². The van der Waals surface area contributed by atoms with Crippen LogP contribution in [0, 0.1) is 24.7 Å². The highest BCUT2D eigenvalue weighted by Crippen LogP contribution is 2.63. The minimum Gasteiger partial charge on any atom is -0.481 e. The van der Waals surface area contributed by atoms with E-state index >= 15 is 0 Å². The minimum absolute atomic E-state index is 0.00786. The van der Waals surface area contributed by atoms with Gasteiger partial charge >= 0.3 is 0 Å². The Morgan fingerprint density at radius 3 is 2.74 bits per heavy atom. The topological polar surface area (TPSA) is 93.4 Å². The lowest BCUT2D eigenvalue weighted by atomic mass is 9.84. The summed E-state index contributed by atoms with van der Waals surface area (Å²) >= 11 is 0. The first-order chi connectivity index (χ1) is 16.5. The fourth-order valence-electron chi connectivity index (χ4n) is 6.23. The van der Waals surface area contributed by atoms with Gasteiger partial charge in [0.05, 0.1) is 18.1 Å². The molecule has 2 aromatic rings. The number of carbonyl (C=O) groups is 1. The molecule has 2 saturated carbocycles. The fourth-order valence-corrected chi connectivity index (χ4v) is 6.23. The largest absolute Gasteiger partial charge is 0.481 e. The van der Waals surface area contributed by atoms with Crippen molar-refractivity contribution in [2.45, 2.75) is 70.8 Å². The van der Waals surface area contributed by atoms with Crippen LogP contribution in [-0.4, -0.2) is 58.2 Å². The number of piperidine rings is 1. The highest BCUT2D eigenvalue weighted by molar-refractivity contribution is 5.77. The second kappa shape index (κ2) is 9.64. The smallest absolute Gasteiger partial charge is 0.258 e. The van der Waals surface area contributed by atoms with Gasteiger partial charge < -0.3 is 19.5 Å². The summed E-state index contributed by atoms with van der Waals surface area (Å²) in [5, 5.41) is 7.57. The maximum atomic E-state index is 12.3. The van der Waals surface area contributed by atoms with Crippen molar-refractivity contribution in [3.05, 3.63) is 35.7 Å². The number of fused-ring (bicyclic) bond motifs is 1. The number of nitrogens with one attached hydrogen (secondary N) is 1. The van der Waals surface area contributed by atoms with E-state index in [9.17, 15) is 4.79 Å². The first-order valence-electron chi connectivity index (χ1n) is 12.9. The zero-order valence-electron chi connectivity index (χ0n) is 20.6. The molecule has 0 bridgehead atoms. The Balaban J connectivity index is 1.01. The molecule has 184 valence electrons. The van der Waals surface area contributed by atoms with Gasteiger partial charge in [0, 0.05) is 37.0 Å². The predicted molar refractivity (Wildman–Crippen MR) is 127 cm³/mol. The van der Waals surface area contributed by atoms with Gasteiger partial charge in [-0.25, -0.2) is 9.97 Å². The van der Waals surface area contributed by atoms with Gasteiger partial charge in [0.1, 0.15) is 11.6 Å². The Bertz CT molecular complexity index is 985. The normalized spacial score (nSPS) is 30.7. The van der Waals surface area contributed by atoms with E-state index in [0.717, 1.165) is 49.9 Å². The maximum absolute atomic E-state index is 12.3. The van der Waals surface area contributed by atoms with E-state index < -0.39 is 0 Å². The standard InChI is InChI=1S/C26H37N5O3/c1-4-21-11-24(30-34-21)26-16-31(14-23(26)17(26)2)10-9-19-5-7-20(8-6-19)29-25(32)15-33-22-12-27-18(3)28-13-22/h11-13,17,19-20,23H,4-10,14-16H2,1-3H3,(H,29,32)/t17?,19?,20?,23-,26-/m1/s1. The molecule has 3 heterocycles. The summed E-state index contributed by atoms with van der Waals surface area (Å²) in [6.45, 7) is 9.78. The van der Waals surface area contributed by atoms with Crippen LogP contribution in [0.1, 0.15) is 63.2 Å². The van der Waals surface area contributed by atoms with E-state index in [-0.39, 0.29) is 24.0 Å². The van der Waals surface area contributed by atoms with Crippen molar-refractivity contribution >= 4 is 5.91 Å². The summed E-state index contributed by atoms with van der Waals surface area (Å²) in [6, 6.07) is 2.44. The third kappa shape index (κ3) is 4.69. The third-order valence-corrected chi connectivity index (χ3v) is 8.49. The molecule has 1 N–H and O–H groups in total. The number of hydrogen-bond acceptors (Lipinski definition) is 7. The summed E-state index contributed by atoms with van der Waals surface area (Å²) in [5.74, 6) is 4.32. The molecule has 3 fully saturated rings. The van der Waals surface area contributed by atoms with Crippen molar-refractivity contribution in [1.29, 1.82) is 0 Å². The van der Waals surface area contributed by atoms with Crippen molar-refractivity contribution in [3.8, 4) is 5.75 Å². The Hall–Kier alpha value is -2.48. The second-order valence-corrected chi connectivity index (χ2v) is 10.5. The van der Waals surface area contributed by atoms with Crippen LogP contribution in [0.2, 0.25) is 0 Å². The van der Waals surface area contributed by atoms with Crippen LogP contribution in [0.15, 0.2) is 23.0 Å². The molecule has 3 aliphatic rings. The Morgan fingerprint density at radius 1 is 1.26 bits per heavy atom. The number of carbonyl (C=O) groups excluding carboxylic acids is 1. The SMILES string of the molecule is CCc1cc([C@@]23CN(CCC4CCC(NC(=O)COc5cnc(C)nc5)CC4)C[C@@H]2C3C)no1. The summed E-state index contributed by atoms with van der Waals surface area (Å²) in [6.07, 6.45) is 9.80. The number of rotatable bonds is 9. The lowest BCUT2D eigenvalue weighted by molar-refractivity contribution is -0.124. The van der Waals surface area contributed by atoms with Gasteiger partial charge in [-0.15, -0.1) is 0 Å². The minimum atomic E-state index is -0.0705. The molecule has 8 nitrogen and oxygen atoms in total. The molecular formula is C26H37N5O3. The summed E-state index contributed by atoms with van der Waals surface area (Å²) in [4.78, 5) is 23.1. The van der Waals surface area contributed by atoms with Crippen molar-refractivity contribution in [1.82, 2.24) is 25.3 Å². The molecule has 1 unspecified atom stereocenters. The highest BCUT2D eigenvalue weighted by atomic mass is 16.5. The van der Waals surface area contributed by atoms with Gasteiger partial charge in [-0.1, -0.05) is 19.0 Å². The van der Waals surface area contributed by atoms with Gasteiger partial charge in [-0.3, -0.25) is 4.79 Å². The van der Waals surface area contributed by atoms with Crippen LogP contribution in [0.25, 0.3) is 0 Å². The molecule has 8 heteroatoms. The quantitative estimate of drug-likeness (QED) is 0.605. The molecule has 2 aromatic heterocycles. The van der Waals surface area contributed by atoms with Gasteiger partial charge in [0.25, 0.3) is 5.91 Å². The molecule has 1 amide bonds. The average Bonchev–Trinajstić information content (AvgIpc) is 3.24. The van der Waals surface area contributed by atoms with Gasteiger partial charge in [0.2, 0.25) is 0 Å². The molecule has 5 rings (SSSR count). The number of ether oxygens (including phenoxy) is 1. The molecule has 0 spiro atoms. The molecule has 3 atom stereocenters. The Labute approximate surface area is 201 Å². The predicted octanol–water partition coefficient (Wildman–Crippen LogP) is 3.30. The van der Waals surface area contributed by atoms with E-state index in [0.29, 0.717) is 17.5 Å². The van der Waals surface area contributed by atoms with Crippen LogP contribution in [0.3, 0.4) is 0 Å². The number of hydrogen-bond donors (Lipinski definition) is 1. The maximum Gasteiger partial charge on any atom is 0.258 e. The van der Waals surface area contributed by atoms with Crippen LogP contribution in [-0.2, 0) is 16.6 Å². The summed E-state index contributed by atoms with van der Waals surface area (Å²) in [7, 11) is 0. The van der Waals surface area contributed by atoms with Gasteiger partial charge in [0.15, 0.2) is 12.4 Å². The number of aryl methyl sites for hydroxylation is 2. The molecule has 1 saturated heterocycles. The third-order valence-electron chi connectivity index (χ3n) is 8.49. The zero-order chi connectivity index (χ0) is 23.7. The monoisotopic (exact) mass is 467 g/mol. The average molecular weight is 468 g/mol. The number of likely N-dealkylation sites (tertiary alicyclic amines) is 1. The second-order valence-electron chi connectivity index (χ2n) is 10.5. The van der Waals surface area contributed by atoms with E-state index in [1.165, 1.54) is 31.5 Å². The number of aromatic nitrogens is 3. The Morgan fingerprint density at radius 2 is 2.03 bits per heavy atom. The first kappa shape index (κ1) is 23.3. The number of nitrogens with zero attached hydrogens (tertiary/aromatic N) is 4. The van der Waals surface area contributed by atoms with Crippen LogP contribution >= 0.6 is 0 Å². The molecule has 0 aromatic carbocycles. The summed E-state index contributed by atoms with van der Waals surface area (Å²) < 4.78 is 11.0. The Kier molecular flexibility index (Phi) is 6.60. The van der Waals surface area contributed by atoms with E-state index in [2.05, 4.69) is 45.3 Å². The van der Waals surface area contributed by atoms with Gasteiger partial charge in [-0.2, -0.15) is 0 Å². The molecule has 1 aliphatic heterocycles. The lowest BCUT2D eigenvalue weighted by Crippen LogP contribution is -2.40. The molecule has 34 heavy (non-hydrogen) atoms.